The average Bonchev–Trinajstić information content (AvgIpc) is 2.82. The van der Waals surface area contributed by atoms with Gasteiger partial charge in [0, 0.05) is 61.6 Å². The zero-order valence-corrected chi connectivity index (χ0v) is 16.9. The van der Waals surface area contributed by atoms with Gasteiger partial charge in [0.05, 0.1) is 23.0 Å². The number of nitrogens with zero attached hydrogens (tertiary/aromatic N) is 4. The molecule has 0 bridgehead atoms. The van der Waals surface area contributed by atoms with Crippen molar-refractivity contribution in [3.8, 4) is 23.1 Å². The van der Waals surface area contributed by atoms with Gasteiger partial charge >= 0.3 is 6.18 Å². The number of alkyl halides is 3. The third-order valence-electron chi connectivity index (χ3n) is 5.01. The van der Waals surface area contributed by atoms with Crippen LogP contribution in [0.3, 0.4) is 0 Å². The Morgan fingerprint density at radius 2 is 1.88 bits per heavy atom. The fourth-order valence-corrected chi connectivity index (χ4v) is 3.52. The van der Waals surface area contributed by atoms with Crippen molar-refractivity contribution < 1.29 is 18.0 Å². The summed E-state index contributed by atoms with van der Waals surface area (Å²) in [7, 11) is 0. The SMILES string of the molecule is O=Cc1cc(-c2ncccc2C#Cc2cnccn2)c(N2CCNCC2)cc1C(F)(F)F. The van der Waals surface area contributed by atoms with E-state index < -0.39 is 17.3 Å². The monoisotopic (exact) mass is 437 g/mol. The van der Waals surface area contributed by atoms with Gasteiger partial charge in [0.1, 0.15) is 5.69 Å². The van der Waals surface area contributed by atoms with Gasteiger partial charge in [0.15, 0.2) is 6.29 Å². The molecular formula is C23H18F3N5O. The van der Waals surface area contributed by atoms with Crippen LogP contribution in [-0.2, 0) is 6.18 Å². The number of carbonyl (C=O) groups is 1. The van der Waals surface area contributed by atoms with E-state index in [2.05, 4.69) is 32.1 Å². The molecule has 6 nitrogen and oxygen atoms in total. The van der Waals surface area contributed by atoms with Crippen LogP contribution >= 0.6 is 0 Å². The zero-order chi connectivity index (χ0) is 22.6. The average molecular weight is 437 g/mol. The van der Waals surface area contributed by atoms with Gasteiger partial charge in [0.2, 0.25) is 0 Å². The third-order valence-corrected chi connectivity index (χ3v) is 5.01. The molecule has 1 N–H and O–H groups in total. The number of aldehydes is 1. The van der Waals surface area contributed by atoms with Crippen LogP contribution in [0.25, 0.3) is 11.3 Å². The highest BCUT2D eigenvalue weighted by atomic mass is 19.4. The largest absolute Gasteiger partial charge is 0.417 e. The quantitative estimate of drug-likeness (QED) is 0.501. The van der Waals surface area contributed by atoms with Crippen molar-refractivity contribution >= 4 is 12.0 Å². The van der Waals surface area contributed by atoms with Crippen LogP contribution < -0.4 is 10.2 Å². The number of pyridine rings is 1. The van der Waals surface area contributed by atoms with Crippen LogP contribution in [0.1, 0.15) is 27.2 Å². The highest BCUT2D eigenvalue weighted by Crippen LogP contribution is 2.40. The van der Waals surface area contributed by atoms with Crippen molar-refractivity contribution in [2.75, 3.05) is 31.1 Å². The van der Waals surface area contributed by atoms with Gasteiger partial charge in [0.25, 0.3) is 0 Å². The number of hydrogen-bond acceptors (Lipinski definition) is 6. The summed E-state index contributed by atoms with van der Waals surface area (Å²) in [5, 5.41) is 3.19. The smallest absolute Gasteiger partial charge is 0.368 e. The second-order valence-corrected chi connectivity index (χ2v) is 7.05. The lowest BCUT2D eigenvalue weighted by Crippen LogP contribution is -2.43. The number of carbonyl (C=O) groups excluding carboxylic acids is 1. The molecule has 0 aliphatic carbocycles. The number of halogens is 3. The van der Waals surface area contributed by atoms with Crippen molar-refractivity contribution in [2.45, 2.75) is 6.18 Å². The van der Waals surface area contributed by atoms with Crippen LogP contribution in [0.2, 0.25) is 0 Å². The Balaban J connectivity index is 1.90. The van der Waals surface area contributed by atoms with Gasteiger partial charge in [-0.25, -0.2) is 4.98 Å². The number of aromatic nitrogens is 3. The highest BCUT2D eigenvalue weighted by Gasteiger charge is 2.35. The third kappa shape index (κ3) is 4.60. The molecule has 0 amide bonds. The Morgan fingerprint density at radius 3 is 2.56 bits per heavy atom. The number of rotatable bonds is 3. The standard InChI is InChI=1S/C23H18F3N5O/c24-23(25,26)20-13-21(31-10-8-27-9-11-31)19(12-17(20)15-32)22-16(2-1-5-30-22)3-4-18-14-28-6-7-29-18/h1-2,5-7,12-15,27H,8-11H2. The number of piperazine rings is 1. The van der Waals surface area contributed by atoms with E-state index in [9.17, 15) is 18.0 Å². The van der Waals surface area contributed by atoms with Gasteiger partial charge in [-0.05, 0) is 30.2 Å². The number of anilines is 1. The van der Waals surface area contributed by atoms with E-state index in [0.29, 0.717) is 54.4 Å². The van der Waals surface area contributed by atoms with E-state index in [4.69, 9.17) is 0 Å². The molecule has 4 rings (SSSR count). The Morgan fingerprint density at radius 1 is 1.06 bits per heavy atom. The molecule has 3 heterocycles. The van der Waals surface area contributed by atoms with Crippen LogP contribution in [0.15, 0.2) is 49.1 Å². The maximum atomic E-state index is 13.7. The molecule has 162 valence electrons. The van der Waals surface area contributed by atoms with Crippen LogP contribution in [0, 0.1) is 11.8 Å². The van der Waals surface area contributed by atoms with Crippen LogP contribution in [-0.4, -0.2) is 47.4 Å². The lowest BCUT2D eigenvalue weighted by atomic mass is 9.96. The van der Waals surface area contributed by atoms with Crippen molar-refractivity contribution in [2.24, 2.45) is 0 Å². The summed E-state index contributed by atoms with van der Waals surface area (Å²) in [6, 6.07) is 5.72. The number of hydrogen-bond donors (Lipinski definition) is 1. The molecule has 1 aromatic carbocycles. The summed E-state index contributed by atoms with van der Waals surface area (Å²) in [6.07, 6.45) is 1.67. The van der Waals surface area contributed by atoms with Crippen LogP contribution in [0.5, 0.6) is 0 Å². The first-order valence-corrected chi connectivity index (χ1v) is 9.87. The molecule has 0 saturated carbocycles. The summed E-state index contributed by atoms with van der Waals surface area (Å²) in [6.45, 7) is 2.33. The fourth-order valence-electron chi connectivity index (χ4n) is 3.52. The highest BCUT2D eigenvalue weighted by molar-refractivity contribution is 5.88. The molecule has 2 aromatic heterocycles. The Labute approximate surface area is 182 Å². The lowest BCUT2D eigenvalue weighted by Gasteiger charge is -2.32. The van der Waals surface area contributed by atoms with Crippen molar-refractivity contribution in [3.05, 3.63) is 71.4 Å². The molecule has 32 heavy (non-hydrogen) atoms. The van der Waals surface area contributed by atoms with Gasteiger partial charge in [-0.3, -0.25) is 14.8 Å². The first-order chi connectivity index (χ1) is 15.5. The molecular weight excluding hydrogens is 419 g/mol. The summed E-state index contributed by atoms with van der Waals surface area (Å²) in [4.78, 5) is 25.9. The Bertz CT molecular complexity index is 1180. The molecule has 0 unspecified atom stereocenters. The molecule has 3 aromatic rings. The van der Waals surface area contributed by atoms with E-state index in [1.54, 1.807) is 18.3 Å². The molecule has 0 radical (unpaired) electrons. The minimum atomic E-state index is -4.66. The van der Waals surface area contributed by atoms with E-state index in [1.807, 2.05) is 4.90 Å². The van der Waals surface area contributed by atoms with E-state index >= 15 is 0 Å². The van der Waals surface area contributed by atoms with Crippen molar-refractivity contribution in [1.29, 1.82) is 0 Å². The molecule has 0 atom stereocenters. The second kappa shape index (κ2) is 9.16. The number of benzene rings is 1. The maximum absolute atomic E-state index is 13.7. The molecule has 9 heteroatoms. The van der Waals surface area contributed by atoms with E-state index in [-0.39, 0.29) is 6.29 Å². The summed E-state index contributed by atoms with van der Waals surface area (Å²) in [5.74, 6) is 5.88. The molecule has 1 aliphatic rings. The maximum Gasteiger partial charge on any atom is 0.417 e. The zero-order valence-electron chi connectivity index (χ0n) is 16.9. The summed E-state index contributed by atoms with van der Waals surface area (Å²) < 4.78 is 41.0. The summed E-state index contributed by atoms with van der Waals surface area (Å²) in [5.41, 5.74) is 0.737. The topological polar surface area (TPSA) is 71.0 Å². The predicted molar refractivity (Wildman–Crippen MR) is 113 cm³/mol. The van der Waals surface area contributed by atoms with Gasteiger partial charge in [-0.1, -0.05) is 5.92 Å². The van der Waals surface area contributed by atoms with Gasteiger partial charge in [-0.2, -0.15) is 13.2 Å². The Kier molecular flexibility index (Phi) is 6.14. The normalized spacial score (nSPS) is 13.9. The molecule has 1 saturated heterocycles. The van der Waals surface area contributed by atoms with E-state index in [1.165, 1.54) is 24.7 Å². The second-order valence-electron chi connectivity index (χ2n) is 7.05. The summed E-state index contributed by atoms with van der Waals surface area (Å²) >= 11 is 0. The minimum Gasteiger partial charge on any atom is -0.368 e. The van der Waals surface area contributed by atoms with Crippen molar-refractivity contribution in [3.63, 3.8) is 0 Å². The Hall–Kier alpha value is -3.77. The molecule has 1 aliphatic heterocycles. The van der Waals surface area contributed by atoms with Crippen molar-refractivity contribution in [1.82, 2.24) is 20.3 Å². The van der Waals surface area contributed by atoms with E-state index in [0.717, 1.165) is 6.07 Å². The predicted octanol–water partition coefficient (Wildman–Crippen LogP) is 3.18. The molecule has 1 fully saturated rings. The minimum absolute atomic E-state index is 0.224. The fraction of sp³-hybridized carbons (Fsp3) is 0.217. The van der Waals surface area contributed by atoms with Gasteiger partial charge in [-0.15, -0.1) is 0 Å². The lowest BCUT2D eigenvalue weighted by molar-refractivity contribution is -0.137. The first kappa shape index (κ1) is 21.5. The van der Waals surface area contributed by atoms with Crippen LogP contribution in [0.4, 0.5) is 18.9 Å². The number of nitrogens with one attached hydrogen (secondary N) is 1. The van der Waals surface area contributed by atoms with Gasteiger partial charge < -0.3 is 10.2 Å². The first-order valence-electron chi connectivity index (χ1n) is 9.87. The molecule has 0 spiro atoms.